The Morgan fingerprint density at radius 2 is 1.70 bits per heavy atom. The first-order valence-corrected chi connectivity index (χ1v) is 7.36. The van der Waals surface area contributed by atoms with Gasteiger partial charge in [0.15, 0.2) is 0 Å². The van der Waals surface area contributed by atoms with Crippen LogP contribution < -0.4 is 10.5 Å². The van der Waals surface area contributed by atoms with Crippen molar-refractivity contribution < 1.29 is 14.6 Å². The van der Waals surface area contributed by atoms with Crippen molar-refractivity contribution >= 4 is 16.7 Å². The maximum atomic E-state index is 12.2. The lowest BCUT2D eigenvalue weighted by Crippen LogP contribution is -2.36. The molecule has 0 aromatic heterocycles. The molecule has 0 spiro atoms. The normalized spacial score (nSPS) is 12.0. The molecule has 0 unspecified atom stereocenters. The Bertz CT molecular complexity index is 822. The zero-order valence-corrected chi connectivity index (χ0v) is 12.5. The molecule has 0 aliphatic carbocycles. The third-order valence-corrected chi connectivity index (χ3v) is 3.65. The quantitative estimate of drug-likeness (QED) is 0.574. The summed E-state index contributed by atoms with van der Waals surface area (Å²) in [7, 11) is 0. The molecule has 3 rings (SSSR count). The van der Waals surface area contributed by atoms with Crippen molar-refractivity contribution in [3.05, 3.63) is 72.3 Å². The summed E-state index contributed by atoms with van der Waals surface area (Å²) in [5.41, 5.74) is 6.81. The molecular weight excluding hydrogens is 290 g/mol. The van der Waals surface area contributed by atoms with E-state index < -0.39 is 12.0 Å². The van der Waals surface area contributed by atoms with Crippen LogP contribution in [0.2, 0.25) is 0 Å². The van der Waals surface area contributed by atoms with Crippen LogP contribution in [-0.4, -0.2) is 17.1 Å². The summed E-state index contributed by atoms with van der Waals surface area (Å²) < 4.78 is 5.47. The Balaban J connectivity index is 1.74. The Morgan fingerprint density at radius 1 is 1.00 bits per heavy atom. The van der Waals surface area contributed by atoms with E-state index in [2.05, 4.69) is 0 Å². The SMILES string of the molecule is N[C@@H](Cc1ccc(O)cc1)C(=O)Oc1cccc2ccccc12. The minimum atomic E-state index is -0.765. The van der Waals surface area contributed by atoms with Crippen molar-refractivity contribution in [3.8, 4) is 11.5 Å². The topological polar surface area (TPSA) is 72.5 Å². The van der Waals surface area contributed by atoms with Gasteiger partial charge in [-0.25, -0.2) is 4.79 Å². The lowest BCUT2D eigenvalue weighted by atomic mass is 10.1. The molecule has 0 radical (unpaired) electrons. The van der Waals surface area contributed by atoms with Crippen molar-refractivity contribution in [1.82, 2.24) is 0 Å². The van der Waals surface area contributed by atoms with E-state index in [9.17, 15) is 9.90 Å². The Labute approximate surface area is 134 Å². The minimum Gasteiger partial charge on any atom is -0.508 e. The molecule has 0 aliphatic rings. The predicted molar refractivity (Wildman–Crippen MR) is 89.4 cm³/mol. The van der Waals surface area contributed by atoms with E-state index in [1.54, 1.807) is 30.3 Å². The molecule has 0 saturated carbocycles. The Morgan fingerprint density at radius 3 is 2.48 bits per heavy atom. The average molecular weight is 307 g/mol. The van der Waals surface area contributed by atoms with Gasteiger partial charge in [0.05, 0.1) is 0 Å². The smallest absolute Gasteiger partial charge is 0.328 e. The summed E-state index contributed by atoms with van der Waals surface area (Å²) in [4.78, 5) is 12.2. The number of fused-ring (bicyclic) bond motifs is 1. The molecule has 3 N–H and O–H groups in total. The number of ether oxygens (including phenoxy) is 1. The molecule has 0 fully saturated rings. The van der Waals surface area contributed by atoms with E-state index in [4.69, 9.17) is 10.5 Å². The van der Waals surface area contributed by atoms with Crippen LogP contribution in [-0.2, 0) is 11.2 Å². The fraction of sp³-hybridized carbons (Fsp3) is 0.105. The van der Waals surface area contributed by atoms with Gasteiger partial charge in [-0.05, 0) is 35.6 Å². The number of carbonyl (C=O) groups is 1. The maximum absolute atomic E-state index is 12.2. The van der Waals surface area contributed by atoms with Crippen LogP contribution >= 0.6 is 0 Å². The molecule has 4 nitrogen and oxygen atoms in total. The van der Waals surface area contributed by atoms with Gasteiger partial charge in [0.1, 0.15) is 17.5 Å². The first kappa shape index (κ1) is 15.1. The molecule has 0 amide bonds. The van der Waals surface area contributed by atoms with Crippen molar-refractivity contribution in [2.45, 2.75) is 12.5 Å². The van der Waals surface area contributed by atoms with Gasteiger partial charge < -0.3 is 15.6 Å². The number of aromatic hydroxyl groups is 1. The number of phenolic OH excluding ortho intramolecular Hbond substituents is 1. The summed E-state index contributed by atoms with van der Waals surface area (Å²) in [6, 6.07) is 19.1. The first-order chi connectivity index (χ1) is 11.1. The van der Waals surface area contributed by atoms with Gasteiger partial charge in [0, 0.05) is 5.39 Å². The number of hydrogen-bond donors (Lipinski definition) is 2. The van der Waals surface area contributed by atoms with E-state index in [-0.39, 0.29) is 5.75 Å². The molecule has 0 bridgehead atoms. The number of carbonyl (C=O) groups excluding carboxylic acids is 1. The highest BCUT2D eigenvalue weighted by Crippen LogP contribution is 2.25. The second kappa shape index (κ2) is 6.50. The van der Waals surface area contributed by atoms with Gasteiger partial charge in [0.25, 0.3) is 0 Å². The Hall–Kier alpha value is -2.85. The van der Waals surface area contributed by atoms with Crippen LogP contribution in [0.25, 0.3) is 10.8 Å². The molecule has 23 heavy (non-hydrogen) atoms. The molecule has 3 aromatic rings. The lowest BCUT2D eigenvalue weighted by Gasteiger charge is -2.13. The number of benzene rings is 3. The van der Waals surface area contributed by atoms with Crippen LogP contribution in [0.15, 0.2) is 66.7 Å². The monoisotopic (exact) mass is 307 g/mol. The van der Waals surface area contributed by atoms with Gasteiger partial charge in [0.2, 0.25) is 0 Å². The molecule has 116 valence electrons. The van der Waals surface area contributed by atoms with E-state index in [0.717, 1.165) is 16.3 Å². The highest BCUT2D eigenvalue weighted by molar-refractivity contribution is 5.91. The van der Waals surface area contributed by atoms with Gasteiger partial charge in [-0.3, -0.25) is 0 Å². The molecule has 0 heterocycles. The van der Waals surface area contributed by atoms with Crippen molar-refractivity contribution in [3.63, 3.8) is 0 Å². The number of phenols is 1. The summed E-state index contributed by atoms with van der Waals surface area (Å²) in [6.45, 7) is 0. The molecule has 4 heteroatoms. The van der Waals surface area contributed by atoms with Gasteiger partial charge in [-0.2, -0.15) is 0 Å². The van der Waals surface area contributed by atoms with Crippen LogP contribution in [0, 0.1) is 0 Å². The van der Waals surface area contributed by atoms with E-state index in [1.165, 1.54) is 0 Å². The summed E-state index contributed by atoms with van der Waals surface area (Å²) in [6.07, 6.45) is 0.351. The van der Waals surface area contributed by atoms with E-state index in [0.29, 0.717) is 12.2 Å². The number of hydrogen-bond acceptors (Lipinski definition) is 4. The zero-order chi connectivity index (χ0) is 16.2. The zero-order valence-electron chi connectivity index (χ0n) is 12.5. The standard InChI is InChI=1S/C19H17NO3/c20-17(12-13-8-10-15(21)11-9-13)19(22)23-18-7-3-5-14-4-1-2-6-16(14)18/h1-11,17,21H,12,20H2/t17-/m0/s1. The maximum Gasteiger partial charge on any atom is 0.328 e. The van der Waals surface area contributed by atoms with Crippen molar-refractivity contribution in [2.24, 2.45) is 5.73 Å². The molecular formula is C19H17NO3. The van der Waals surface area contributed by atoms with Crippen LogP contribution in [0.5, 0.6) is 11.5 Å². The van der Waals surface area contributed by atoms with Crippen LogP contribution in [0.1, 0.15) is 5.56 Å². The van der Waals surface area contributed by atoms with Gasteiger partial charge in [-0.1, -0.05) is 48.5 Å². The first-order valence-electron chi connectivity index (χ1n) is 7.36. The fourth-order valence-electron chi connectivity index (χ4n) is 2.44. The number of esters is 1. The fourth-order valence-corrected chi connectivity index (χ4v) is 2.44. The number of nitrogens with two attached hydrogens (primary N) is 1. The van der Waals surface area contributed by atoms with Gasteiger partial charge in [-0.15, -0.1) is 0 Å². The molecule has 3 aromatic carbocycles. The minimum absolute atomic E-state index is 0.181. The third kappa shape index (κ3) is 3.49. The molecule has 1 atom stereocenters. The predicted octanol–water partition coefficient (Wildman–Crippen LogP) is 3.02. The van der Waals surface area contributed by atoms with Crippen LogP contribution in [0.4, 0.5) is 0 Å². The summed E-state index contributed by atoms with van der Waals surface area (Å²) >= 11 is 0. The highest BCUT2D eigenvalue weighted by Gasteiger charge is 2.17. The van der Waals surface area contributed by atoms with Crippen molar-refractivity contribution in [1.29, 1.82) is 0 Å². The largest absolute Gasteiger partial charge is 0.508 e. The summed E-state index contributed by atoms with van der Waals surface area (Å²) in [5, 5.41) is 11.2. The van der Waals surface area contributed by atoms with E-state index >= 15 is 0 Å². The van der Waals surface area contributed by atoms with Gasteiger partial charge >= 0.3 is 5.97 Å². The highest BCUT2D eigenvalue weighted by atomic mass is 16.5. The summed E-state index contributed by atoms with van der Waals surface area (Å²) in [5.74, 6) is 0.212. The molecule has 0 saturated heterocycles. The second-order valence-corrected chi connectivity index (χ2v) is 5.38. The molecule has 0 aliphatic heterocycles. The lowest BCUT2D eigenvalue weighted by molar-refractivity contribution is -0.135. The van der Waals surface area contributed by atoms with Crippen LogP contribution in [0.3, 0.4) is 0 Å². The number of rotatable bonds is 4. The third-order valence-electron chi connectivity index (χ3n) is 3.65. The average Bonchev–Trinajstić information content (AvgIpc) is 2.57. The van der Waals surface area contributed by atoms with E-state index in [1.807, 2.05) is 36.4 Å². The second-order valence-electron chi connectivity index (χ2n) is 5.38. The van der Waals surface area contributed by atoms with Crippen molar-refractivity contribution in [2.75, 3.05) is 0 Å². The Kier molecular flexibility index (Phi) is 4.26.